The Kier molecular flexibility index (Phi) is 6.44. The van der Waals surface area contributed by atoms with Crippen molar-refractivity contribution in [3.05, 3.63) is 53.3 Å². The Morgan fingerprint density at radius 2 is 1.82 bits per heavy atom. The molecule has 0 amide bonds. The van der Waals surface area contributed by atoms with E-state index >= 15 is 0 Å². The monoisotopic (exact) mass is 401 g/mol. The number of aromatic nitrogens is 2. The normalized spacial score (nSPS) is 19.9. The van der Waals surface area contributed by atoms with Crippen LogP contribution in [0.3, 0.4) is 0 Å². The minimum absolute atomic E-state index is 0.0428. The van der Waals surface area contributed by atoms with E-state index < -0.39 is 9.84 Å². The molecule has 3 rings (SSSR count). The quantitative estimate of drug-likeness (QED) is 0.716. The first-order valence-corrected chi connectivity index (χ1v) is 11.7. The lowest BCUT2D eigenvalue weighted by atomic mass is 9.87. The van der Waals surface area contributed by atoms with Gasteiger partial charge in [0.15, 0.2) is 5.78 Å². The standard InChI is InChI=1S/C21H27N3O3S/c1-15(25)19-13-22-21(24-20(19)12-16-6-4-3-5-7-16)23-18-10-8-17(9-11-18)14-28(2,26)27/h3-7,13,17-18H,8-12,14H2,1-2H3,(H,22,23,24). The summed E-state index contributed by atoms with van der Waals surface area (Å²) in [6.45, 7) is 1.53. The van der Waals surface area contributed by atoms with Gasteiger partial charge in [0, 0.05) is 24.9 Å². The highest BCUT2D eigenvalue weighted by Crippen LogP contribution is 2.27. The predicted octanol–water partition coefficient (Wildman–Crippen LogP) is 3.29. The van der Waals surface area contributed by atoms with Crippen LogP contribution in [0.5, 0.6) is 0 Å². The summed E-state index contributed by atoms with van der Waals surface area (Å²) in [7, 11) is -2.93. The smallest absolute Gasteiger partial charge is 0.223 e. The third kappa shape index (κ3) is 5.86. The second kappa shape index (κ2) is 8.82. The number of rotatable bonds is 7. The molecule has 0 bridgehead atoms. The molecule has 1 N–H and O–H groups in total. The van der Waals surface area contributed by atoms with E-state index in [9.17, 15) is 13.2 Å². The van der Waals surface area contributed by atoms with Gasteiger partial charge in [0.05, 0.1) is 17.0 Å². The van der Waals surface area contributed by atoms with Gasteiger partial charge in [0.25, 0.3) is 0 Å². The zero-order valence-corrected chi connectivity index (χ0v) is 17.2. The Morgan fingerprint density at radius 1 is 1.14 bits per heavy atom. The number of carbonyl (C=O) groups is 1. The van der Waals surface area contributed by atoms with Crippen LogP contribution < -0.4 is 5.32 Å². The van der Waals surface area contributed by atoms with Gasteiger partial charge in [-0.3, -0.25) is 4.79 Å². The third-order valence-electron chi connectivity index (χ3n) is 5.18. The molecular formula is C21H27N3O3S. The molecule has 28 heavy (non-hydrogen) atoms. The van der Waals surface area contributed by atoms with Crippen molar-refractivity contribution < 1.29 is 13.2 Å². The van der Waals surface area contributed by atoms with E-state index in [1.165, 1.54) is 13.2 Å². The lowest BCUT2D eigenvalue weighted by molar-refractivity contribution is 0.101. The summed E-state index contributed by atoms with van der Waals surface area (Å²) in [5.74, 6) is 0.994. The van der Waals surface area contributed by atoms with E-state index in [1.807, 2.05) is 30.3 Å². The molecule has 0 radical (unpaired) electrons. The van der Waals surface area contributed by atoms with Gasteiger partial charge in [-0.05, 0) is 44.1 Å². The molecule has 0 aliphatic heterocycles. The highest BCUT2D eigenvalue weighted by molar-refractivity contribution is 7.90. The van der Waals surface area contributed by atoms with Crippen molar-refractivity contribution in [2.24, 2.45) is 5.92 Å². The molecule has 0 spiro atoms. The molecule has 150 valence electrons. The van der Waals surface area contributed by atoms with Crippen molar-refractivity contribution in [2.45, 2.75) is 45.1 Å². The first kappa shape index (κ1) is 20.5. The van der Waals surface area contributed by atoms with Gasteiger partial charge in [-0.25, -0.2) is 18.4 Å². The maximum absolute atomic E-state index is 12.0. The van der Waals surface area contributed by atoms with E-state index in [4.69, 9.17) is 0 Å². The average molecular weight is 402 g/mol. The Bertz CT molecular complexity index is 921. The first-order valence-electron chi connectivity index (χ1n) is 9.65. The van der Waals surface area contributed by atoms with E-state index in [0.29, 0.717) is 17.9 Å². The van der Waals surface area contributed by atoms with Gasteiger partial charge >= 0.3 is 0 Å². The highest BCUT2D eigenvalue weighted by atomic mass is 32.2. The van der Waals surface area contributed by atoms with Gasteiger partial charge in [-0.15, -0.1) is 0 Å². The van der Waals surface area contributed by atoms with Crippen LogP contribution >= 0.6 is 0 Å². The number of benzene rings is 1. The molecule has 2 aromatic rings. The molecule has 0 unspecified atom stereocenters. The summed E-state index contributed by atoms with van der Waals surface area (Å²) >= 11 is 0. The predicted molar refractivity (Wildman–Crippen MR) is 110 cm³/mol. The third-order valence-corrected chi connectivity index (χ3v) is 6.26. The van der Waals surface area contributed by atoms with Crippen molar-refractivity contribution in [2.75, 3.05) is 17.3 Å². The summed E-state index contributed by atoms with van der Waals surface area (Å²) < 4.78 is 23.0. The maximum Gasteiger partial charge on any atom is 0.223 e. The number of hydrogen-bond donors (Lipinski definition) is 1. The number of hydrogen-bond acceptors (Lipinski definition) is 6. The molecule has 1 saturated carbocycles. The van der Waals surface area contributed by atoms with Crippen LogP contribution in [0.25, 0.3) is 0 Å². The lowest BCUT2D eigenvalue weighted by Crippen LogP contribution is -2.29. The van der Waals surface area contributed by atoms with Crippen LogP contribution in [-0.2, 0) is 16.3 Å². The Balaban J connectivity index is 1.68. The molecule has 0 atom stereocenters. The van der Waals surface area contributed by atoms with Crippen LogP contribution in [0.15, 0.2) is 36.5 Å². The van der Waals surface area contributed by atoms with Crippen LogP contribution in [0.1, 0.15) is 54.2 Å². The molecule has 1 aliphatic rings. The van der Waals surface area contributed by atoms with Gasteiger partial charge in [-0.2, -0.15) is 0 Å². The second-order valence-electron chi connectivity index (χ2n) is 7.73. The van der Waals surface area contributed by atoms with Crippen LogP contribution in [0.4, 0.5) is 5.95 Å². The topological polar surface area (TPSA) is 89.0 Å². The largest absolute Gasteiger partial charge is 0.351 e. The van der Waals surface area contributed by atoms with Crippen molar-refractivity contribution in [3.63, 3.8) is 0 Å². The lowest BCUT2D eigenvalue weighted by Gasteiger charge is -2.28. The van der Waals surface area contributed by atoms with Crippen molar-refractivity contribution >= 4 is 21.6 Å². The molecule has 1 aromatic heterocycles. The van der Waals surface area contributed by atoms with Crippen LogP contribution in [0.2, 0.25) is 0 Å². The van der Waals surface area contributed by atoms with Crippen LogP contribution in [-0.4, -0.2) is 42.2 Å². The Labute approximate surface area is 166 Å². The van der Waals surface area contributed by atoms with E-state index in [0.717, 1.165) is 36.9 Å². The zero-order chi connectivity index (χ0) is 20.1. The fourth-order valence-corrected chi connectivity index (χ4v) is 4.98. The molecule has 6 nitrogen and oxygen atoms in total. The minimum atomic E-state index is -2.93. The van der Waals surface area contributed by atoms with Crippen molar-refractivity contribution in [3.8, 4) is 0 Å². The van der Waals surface area contributed by atoms with E-state index in [2.05, 4.69) is 15.3 Å². The molecule has 1 heterocycles. The van der Waals surface area contributed by atoms with E-state index in [-0.39, 0.29) is 23.5 Å². The minimum Gasteiger partial charge on any atom is -0.351 e. The number of nitrogens with one attached hydrogen (secondary N) is 1. The first-order chi connectivity index (χ1) is 13.3. The fraction of sp³-hybridized carbons (Fsp3) is 0.476. The summed E-state index contributed by atoms with van der Waals surface area (Å²) in [4.78, 5) is 20.9. The zero-order valence-electron chi connectivity index (χ0n) is 16.4. The molecule has 1 fully saturated rings. The SMILES string of the molecule is CC(=O)c1cnc(NC2CCC(CS(C)(=O)=O)CC2)nc1Cc1ccccc1. The molecule has 1 aromatic carbocycles. The Morgan fingerprint density at radius 3 is 2.43 bits per heavy atom. The summed E-state index contributed by atoms with van der Waals surface area (Å²) in [5, 5.41) is 3.37. The molecule has 0 saturated heterocycles. The van der Waals surface area contributed by atoms with Gasteiger partial charge in [0.2, 0.25) is 5.95 Å². The van der Waals surface area contributed by atoms with E-state index in [1.54, 1.807) is 6.20 Å². The van der Waals surface area contributed by atoms with Crippen LogP contribution in [0, 0.1) is 5.92 Å². The molecule has 1 aliphatic carbocycles. The Hall–Kier alpha value is -2.28. The summed E-state index contributed by atoms with van der Waals surface area (Å²) in [6.07, 6.45) is 7.04. The van der Waals surface area contributed by atoms with Gasteiger partial charge < -0.3 is 5.32 Å². The summed E-state index contributed by atoms with van der Waals surface area (Å²) in [6, 6.07) is 10.2. The molecule has 7 heteroatoms. The number of anilines is 1. The number of sulfone groups is 1. The summed E-state index contributed by atoms with van der Waals surface area (Å²) in [5.41, 5.74) is 2.36. The maximum atomic E-state index is 12.0. The van der Waals surface area contributed by atoms with Crippen molar-refractivity contribution in [1.82, 2.24) is 9.97 Å². The van der Waals surface area contributed by atoms with Gasteiger partial charge in [0.1, 0.15) is 9.84 Å². The number of nitrogens with zero attached hydrogens (tertiary/aromatic N) is 2. The van der Waals surface area contributed by atoms with Gasteiger partial charge in [-0.1, -0.05) is 30.3 Å². The highest BCUT2D eigenvalue weighted by Gasteiger charge is 2.24. The number of Topliss-reactive ketones (excluding diaryl/α,β-unsaturated/α-hetero) is 1. The fourth-order valence-electron chi connectivity index (χ4n) is 3.79. The molecular weight excluding hydrogens is 374 g/mol. The average Bonchev–Trinajstić information content (AvgIpc) is 2.63. The second-order valence-corrected chi connectivity index (χ2v) is 9.91. The number of ketones is 1. The number of carbonyl (C=O) groups excluding carboxylic acids is 1. The van der Waals surface area contributed by atoms with Crippen molar-refractivity contribution in [1.29, 1.82) is 0 Å².